The molecule has 2 aromatic rings. The van der Waals surface area contributed by atoms with Gasteiger partial charge in [0.25, 0.3) is 0 Å². The molecule has 0 spiro atoms. The van der Waals surface area contributed by atoms with Crippen LogP contribution >= 0.6 is 0 Å². The number of carbonyl (C=O) groups excluding carboxylic acids is 2. The highest BCUT2D eigenvalue weighted by Crippen LogP contribution is 2.45. The van der Waals surface area contributed by atoms with Crippen molar-refractivity contribution in [2.75, 3.05) is 16.8 Å². The van der Waals surface area contributed by atoms with E-state index in [0.29, 0.717) is 18.2 Å². The summed E-state index contributed by atoms with van der Waals surface area (Å²) in [5.74, 6) is -3.93. The van der Waals surface area contributed by atoms with Gasteiger partial charge in [0.2, 0.25) is 0 Å². The first-order chi connectivity index (χ1) is 15.9. The van der Waals surface area contributed by atoms with Crippen molar-refractivity contribution >= 4 is 23.5 Å². The molecule has 6 rings (SSSR count). The van der Waals surface area contributed by atoms with Crippen molar-refractivity contribution in [3.8, 4) is 0 Å². The molecule has 3 fully saturated rings. The molecule has 33 heavy (non-hydrogen) atoms. The van der Waals surface area contributed by atoms with E-state index in [1.165, 1.54) is 0 Å². The highest BCUT2D eigenvalue weighted by molar-refractivity contribution is 5.92. The number of amides is 3. The summed E-state index contributed by atoms with van der Waals surface area (Å²) in [6.07, 6.45) is 5.82. The first kappa shape index (κ1) is 20.4. The molecule has 8 nitrogen and oxygen atoms in total. The summed E-state index contributed by atoms with van der Waals surface area (Å²) in [4.78, 5) is 29.0. The van der Waals surface area contributed by atoms with Crippen molar-refractivity contribution in [3.63, 3.8) is 0 Å². The average molecular weight is 461 g/mol. The zero-order chi connectivity index (χ0) is 22.9. The van der Waals surface area contributed by atoms with Crippen LogP contribution in [0.2, 0.25) is 0 Å². The van der Waals surface area contributed by atoms with Gasteiger partial charge in [-0.15, -0.1) is 0 Å². The maximum Gasteiger partial charge on any atom is 0.414 e. The standard InChI is InChI=1S/C22H22F3N5O3/c23-13-6-12(7-14(24)20(13)25)27-21(31)28-9-18-17(8-26-30(18)16-3-1-2-15(16)28)29-19(11-4-5-11)10-33-22(29)32/h6-8,11,15-16,19H,1-5,9-10H2,(H,27,31)/t15-,16+,19+/m0/s1. The van der Waals surface area contributed by atoms with Gasteiger partial charge in [0.05, 0.1) is 42.2 Å². The van der Waals surface area contributed by atoms with Crippen LogP contribution in [0, 0.1) is 23.4 Å². The predicted octanol–water partition coefficient (Wildman–Crippen LogP) is 4.18. The summed E-state index contributed by atoms with van der Waals surface area (Å²) < 4.78 is 47.8. The number of rotatable bonds is 3. The molecule has 3 amide bonds. The second-order valence-electron chi connectivity index (χ2n) is 9.15. The highest BCUT2D eigenvalue weighted by Gasteiger charge is 2.48. The SMILES string of the molecule is O=C(Nc1cc(F)c(F)c(F)c1)N1Cc2c(N3C(=O)OC[C@@H]3C3CC3)cnn2[C@@H]2CCC[C@@H]21. The van der Waals surface area contributed by atoms with Gasteiger partial charge in [0.15, 0.2) is 17.5 Å². The molecular weight excluding hydrogens is 439 g/mol. The number of ether oxygens (including phenoxy) is 1. The molecule has 0 radical (unpaired) electrons. The predicted molar refractivity (Wildman–Crippen MR) is 110 cm³/mol. The summed E-state index contributed by atoms with van der Waals surface area (Å²) in [6, 6.07) is 0.710. The zero-order valence-corrected chi connectivity index (χ0v) is 17.6. The van der Waals surface area contributed by atoms with Crippen LogP contribution in [0.5, 0.6) is 0 Å². The van der Waals surface area contributed by atoms with Gasteiger partial charge in [0, 0.05) is 17.8 Å². The number of cyclic esters (lactones) is 1. The summed E-state index contributed by atoms with van der Waals surface area (Å²) >= 11 is 0. The number of anilines is 2. The molecule has 3 heterocycles. The van der Waals surface area contributed by atoms with Crippen LogP contribution in [0.3, 0.4) is 0 Å². The zero-order valence-electron chi connectivity index (χ0n) is 17.6. The number of nitrogens with zero attached hydrogens (tertiary/aromatic N) is 4. The van der Waals surface area contributed by atoms with Crippen LogP contribution in [-0.4, -0.2) is 45.5 Å². The molecule has 1 N–H and O–H groups in total. The second-order valence-corrected chi connectivity index (χ2v) is 9.15. The number of aromatic nitrogens is 2. The lowest BCUT2D eigenvalue weighted by molar-refractivity contribution is 0.138. The first-order valence-electron chi connectivity index (χ1n) is 11.2. The number of nitrogens with one attached hydrogen (secondary N) is 1. The third-order valence-corrected chi connectivity index (χ3v) is 7.18. The molecule has 2 aliphatic carbocycles. The van der Waals surface area contributed by atoms with E-state index in [4.69, 9.17) is 4.74 Å². The van der Waals surface area contributed by atoms with Crippen LogP contribution in [-0.2, 0) is 11.3 Å². The monoisotopic (exact) mass is 461 g/mol. The molecule has 1 saturated heterocycles. The number of benzene rings is 1. The lowest BCUT2D eigenvalue weighted by atomic mass is 10.1. The number of fused-ring (bicyclic) bond motifs is 3. The quantitative estimate of drug-likeness (QED) is 0.696. The fourth-order valence-corrected chi connectivity index (χ4v) is 5.45. The lowest BCUT2D eigenvalue weighted by Crippen LogP contribution is -2.49. The second kappa shape index (κ2) is 7.39. The maximum absolute atomic E-state index is 13.6. The van der Waals surface area contributed by atoms with E-state index in [1.807, 2.05) is 4.68 Å². The van der Waals surface area contributed by atoms with Crippen molar-refractivity contribution in [1.29, 1.82) is 0 Å². The lowest BCUT2D eigenvalue weighted by Gasteiger charge is -2.39. The molecule has 174 valence electrons. The minimum absolute atomic E-state index is 0.0415. The van der Waals surface area contributed by atoms with Gasteiger partial charge in [-0.25, -0.2) is 22.8 Å². The molecule has 4 aliphatic rings. The molecule has 1 aromatic carbocycles. The molecule has 2 saturated carbocycles. The summed E-state index contributed by atoms with van der Waals surface area (Å²) in [6.45, 7) is 0.516. The Kier molecular flexibility index (Phi) is 4.56. The normalized spacial score (nSPS) is 26.3. The average Bonchev–Trinajstić information content (AvgIpc) is 3.17. The Hall–Kier alpha value is -3.24. The maximum atomic E-state index is 13.6. The molecule has 1 aromatic heterocycles. The van der Waals surface area contributed by atoms with Gasteiger partial charge in [0.1, 0.15) is 6.61 Å². The van der Waals surface area contributed by atoms with Gasteiger partial charge in [-0.1, -0.05) is 0 Å². The topological polar surface area (TPSA) is 79.7 Å². The number of hydrogen-bond acceptors (Lipinski definition) is 4. The van der Waals surface area contributed by atoms with Crippen molar-refractivity contribution in [3.05, 3.63) is 41.5 Å². The van der Waals surface area contributed by atoms with Crippen LogP contribution in [0.15, 0.2) is 18.3 Å². The van der Waals surface area contributed by atoms with Crippen molar-refractivity contribution in [1.82, 2.24) is 14.7 Å². The Morgan fingerprint density at radius 3 is 2.52 bits per heavy atom. The summed E-state index contributed by atoms with van der Waals surface area (Å²) in [5, 5.41) is 7.07. The Morgan fingerprint density at radius 1 is 1.06 bits per heavy atom. The van der Waals surface area contributed by atoms with Crippen molar-refractivity contribution in [2.45, 2.75) is 56.8 Å². The van der Waals surface area contributed by atoms with Crippen LogP contribution < -0.4 is 10.2 Å². The summed E-state index contributed by atoms with van der Waals surface area (Å²) in [7, 11) is 0. The van der Waals surface area contributed by atoms with E-state index in [9.17, 15) is 22.8 Å². The Balaban J connectivity index is 1.31. The smallest absolute Gasteiger partial charge is 0.414 e. The van der Waals surface area contributed by atoms with Crippen LogP contribution in [0.1, 0.15) is 43.8 Å². The highest BCUT2D eigenvalue weighted by atomic mass is 19.2. The Labute approximate surface area is 187 Å². The van der Waals surface area contributed by atoms with E-state index in [-0.39, 0.29) is 30.4 Å². The van der Waals surface area contributed by atoms with Crippen LogP contribution in [0.25, 0.3) is 0 Å². The van der Waals surface area contributed by atoms with Crippen molar-refractivity contribution in [2.24, 2.45) is 5.92 Å². The van der Waals surface area contributed by atoms with E-state index in [1.54, 1.807) is 16.0 Å². The van der Waals surface area contributed by atoms with Gasteiger partial charge in [-0.2, -0.15) is 5.10 Å². The molecule has 11 heteroatoms. The third-order valence-electron chi connectivity index (χ3n) is 7.18. The fraction of sp³-hybridized carbons (Fsp3) is 0.500. The number of carbonyl (C=O) groups is 2. The minimum atomic E-state index is -1.59. The number of hydrogen-bond donors (Lipinski definition) is 1. The van der Waals surface area contributed by atoms with Crippen molar-refractivity contribution < 1.29 is 27.5 Å². The summed E-state index contributed by atoms with van der Waals surface area (Å²) in [5.41, 5.74) is 1.20. The van der Waals surface area contributed by atoms with Gasteiger partial charge in [-0.05, 0) is 38.0 Å². The molecular formula is C22H22F3N5O3. The van der Waals surface area contributed by atoms with Gasteiger partial charge < -0.3 is 15.0 Å². The van der Waals surface area contributed by atoms with E-state index >= 15 is 0 Å². The molecule has 3 atom stereocenters. The van der Waals surface area contributed by atoms with E-state index < -0.39 is 29.6 Å². The third kappa shape index (κ3) is 3.24. The Bertz CT molecular complexity index is 1130. The number of urea groups is 1. The number of halogens is 3. The van der Waals surface area contributed by atoms with Crippen LogP contribution in [0.4, 0.5) is 34.1 Å². The minimum Gasteiger partial charge on any atom is -0.447 e. The van der Waals surface area contributed by atoms with Gasteiger partial charge in [-0.3, -0.25) is 9.58 Å². The van der Waals surface area contributed by atoms with E-state index in [0.717, 1.165) is 49.9 Å². The first-order valence-corrected chi connectivity index (χ1v) is 11.2. The van der Waals surface area contributed by atoms with E-state index in [2.05, 4.69) is 10.4 Å². The largest absolute Gasteiger partial charge is 0.447 e. The molecule has 0 unspecified atom stereocenters. The molecule has 0 bridgehead atoms. The molecule has 2 aliphatic heterocycles. The Morgan fingerprint density at radius 2 is 1.79 bits per heavy atom. The fourth-order valence-electron chi connectivity index (χ4n) is 5.45. The van der Waals surface area contributed by atoms with Gasteiger partial charge >= 0.3 is 12.1 Å².